The van der Waals surface area contributed by atoms with Gasteiger partial charge in [0.2, 0.25) is 0 Å². The standard InChI is InChI=1S/C14H30BrNO/c1-3-4-5-6-7-8-9-11-16(12-10-15)13-14-17-2/h3-14H2,1-2H3. The fourth-order valence-electron chi connectivity index (χ4n) is 1.97. The van der Waals surface area contributed by atoms with Gasteiger partial charge in [-0.05, 0) is 13.0 Å². The quantitative estimate of drug-likeness (QED) is 0.375. The zero-order valence-electron chi connectivity index (χ0n) is 11.7. The molecule has 0 unspecified atom stereocenters. The van der Waals surface area contributed by atoms with E-state index >= 15 is 0 Å². The monoisotopic (exact) mass is 307 g/mol. The van der Waals surface area contributed by atoms with Crippen molar-refractivity contribution in [2.24, 2.45) is 0 Å². The normalized spacial score (nSPS) is 11.3. The molecule has 0 spiro atoms. The van der Waals surface area contributed by atoms with E-state index in [1.165, 1.54) is 51.5 Å². The Bertz CT molecular complexity index is 144. The molecule has 0 aromatic rings. The van der Waals surface area contributed by atoms with Crippen LogP contribution in [0, 0.1) is 0 Å². The van der Waals surface area contributed by atoms with E-state index in [1.54, 1.807) is 7.11 Å². The number of halogens is 1. The van der Waals surface area contributed by atoms with Crippen LogP contribution in [0.25, 0.3) is 0 Å². The SMILES string of the molecule is CCCCCCCCCN(CCBr)CCOC. The van der Waals surface area contributed by atoms with E-state index in [4.69, 9.17) is 4.74 Å². The van der Waals surface area contributed by atoms with Crippen molar-refractivity contribution in [3.63, 3.8) is 0 Å². The third-order valence-electron chi connectivity index (χ3n) is 3.09. The Morgan fingerprint density at radius 3 is 2.12 bits per heavy atom. The largest absolute Gasteiger partial charge is 0.383 e. The van der Waals surface area contributed by atoms with Crippen molar-refractivity contribution in [1.82, 2.24) is 4.90 Å². The van der Waals surface area contributed by atoms with Gasteiger partial charge < -0.3 is 9.64 Å². The highest BCUT2D eigenvalue weighted by atomic mass is 79.9. The van der Waals surface area contributed by atoms with E-state index in [1.807, 2.05) is 0 Å². The number of hydrogen-bond donors (Lipinski definition) is 0. The van der Waals surface area contributed by atoms with Crippen LogP contribution in [0.5, 0.6) is 0 Å². The summed E-state index contributed by atoms with van der Waals surface area (Å²) in [6, 6.07) is 0. The van der Waals surface area contributed by atoms with Crippen LogP contribution in [-0.4, -0.2) is 43.6 Å². The maximum atomic E-state index is 5.13. The first-order valence-electron chi connectivity index (χ1n) is 7.12. The number of ether oxygens (including phenoxy) is 1. The molecule has 17 heavy (non-hydrogen) atoms. The molecular formula is C14H30BrNO. The minimum atomic E-state index is 0.851. The topological polar surface area (TPSA) is 12.5 Å². The first kappa shape index (κ1) is 17.4. The first-order valence-corrected chi connectivity index (χ1v) is 8.24. The Labute approximate surface area is 116 Å². The van der Waals surface area contributed by atoms with Gasteiger partial charge in [-0.1, -0.05) is 61.4 Å². The maximum Gasteiger partial charge on any atom is 0.0589 e. The summed E-state index contributed by atoms with van der Waals surface area (Å²) in [6.07, 6.45) is 9.72. The van der Waals surface area contributed by atoms with Crippen molar-refractivity contribution in [2.75, 3.05) is 38.7 Å². The molecule has 0 aromatic heterocycles. The minimum absolute atomic E-state index is 0.851. The van der Waals surface area contributed by atoms with E-state index < -0.39 is 0 Å². The summed E-state index contributed by atoms with van der Waals surface area (Å²) in [6.45, 7) is 6.55. The molecule has 0 radical (unpaired) electrons. The van der Waals surface area contributed by atoms with Crippen LogP contribution in [0.3, 0.4) is 0 Å². The number of hydrogen-bond acceptors (Lipinski definition) is 2. The zero-order valence-corrected chi connectivity index (χ0v) is 13.3. The molecule has 0 saturated heterocycles. The summed E-state index contributed by atoms with van der Waals surface area (Å²) >= 11 is 3.51. The summed E-state index contributed by atoms with van der Waals surface area (Å²) < 4.78 is 5.13. The molecule has 0 aromatic carbocycles. The molecule has 2 nitrogen and oxygen atoms in total. The van der Waals surface area contributed by atoms with Gasteiger partial charge in [-0.15, -0.1) is 0 Å². The predicted octanol–water partition coefficient (Wildman–Crippen LogP) is 4.08. The Kier molecular flexibility index (Phi) is 14.8. The van der Waals surface area contributed by atoms with Crippen LogP contribution in [0.4, 0.5) is 0 Å². The van der Waals surface area contributed by atoms with Gasteiger partial charge in [-0.2, -0.15) is 0 Å². The molecule has 0 aliphatic carbocycles. The molecule has 0 aliphatic heterocycles. The van der Waals surface area contributed by atoms with Crippen LogP contribution < -0.4 is 0 Å². The van der Waals surface area contributed by atoms with Gasteiger partial charge in [-0.3, -0.25) is 0 Å². The molecule has 0 bridgehead atoms. The summed E-state index contributed by atoms with van der Waals surface area (Å²) in [4.78, 5) is 2.49. The van der Waals surface area contributed by atoms with Crippen LogP contribution in [0.2, 0.25) is 0 Å². The van der Waals surface area contributed by atoms with Crippen LogP contribution >= 0.6 is 15.9 Å². The maximum absolute atomic E-state index is 5.13. The second-order valence-electron chi connectivity index (χ2n) is 4.64. The number of methoxy groups -OCH3 is 1. The second kappa shape index (κ2) is 14.5. The highest BCUT2D eigenvalue weighted by Gasteiger charge is 2.02. The van der Waals surface area contributed by atoms with E-state index in [9.17, 15) is 0 Å². The smallest absolute Gasteiger partial charge is 0.0589 e. The fourth-order valence-corrected chi connectivity index (χ4v) is 2.47. The molecule has 104 valence electrons. The van der Waals surface area contributed by atoms with Crippen LogP contribution in [0.15, 0.2) is 0 Å². The molecule has 0 fully saturated rings. The van der Waals surface area contributed by atoms with E-state index in [-0.39, 0.29) is 0 Å². The lowest BCUT2D eigenvalue weighted by Gasteiger charge is -2.20. The number of unbranched alkanes of at least 4 members (excludes halogenated alkanes) is 6. The third kappa shape index (κ3) is 12.6. The Balaban J connectivity index is 3.34. The van der Waals surface area contributed by atoms with Crippen molar-refractivity contribution >= 4 is 15.9 Å². The van der Waals surface area contributed by atoms with Gasteiger partial charge in [0.15, 0.2) is 0 Å². The summed E-state index contributed by atoms with van der Waals surface area (Å²) in [5.41, 5.74) is 0. The average molecular weight is 308 g/mol. The van der Waals surface area contributed by atoms with E-state index in [2.05, 4.69) is 27.8 Å². The highest BCUT2D eigenvalue weighted by molar-refractivity contribution is 9.09. The predicted molar refractivity (Wildman–Crippen MR) is 80.1 cm³/mol. The molecule has 0 amide bonds. The lowest BCUT2D eigenvalue weighted by atomic mass is 10.1. The highest BCUT2D eigenvalue weighted by Crippen LogP contribution is 2.07. The number of alkyl halides is 1. The summed E-state index contributed by atoms with van der Waals surface area (Å²) in [7, 11) is 1.78. The average Bonchev–Trinajstić information content (AvgIpc) is 2.34. The van der Waals surface area contributed by atoms with Crippen molar-refractivity contribution in [1.29, 1.82) is 0 Å². The summed E-state index contributed by atoms with van der Waals surface area (Å²) in [5.74, 6) is 0. The zero-order chi connectivity index (χ0) is 12.8. The Hall–Kier alpha value is 0.400. The van der Waals surface area contributed by atoms with Crippen molar-refractivity contribution in [3.05, 3.63) is 0 Å². The van der Waals surface area contributed by atoms with Gasteiger partial charge in [0.1, 0.15) is 0 Å². The van der Waals surface area contributed by atoms with E-state index in [0.29, 0.717) is 0 Å². The molecule has 0 aliphatic rings. The second-order valence-corrected chi connectivity index (χ2v) is 5.44. The van der Waals surface area contributed by atoms with Crippen molar-refractivity contribution < 1.29 is 4.74 Å². The Morgan fingerprint density at radius 2 is 1.53 bits per heavy atom. The third-order valence-corrected chi connectivity index (χ3v) is 3.44. The first-order chi connectivity index (χ1) is 8.35. The number of rotatable bonds is 13. The molecule has 0 N–H and O–H groups in total. The molecule has 0 rings (SSSR count). The molecular weight excluding hydrogens is 278 g/mol. The van der Waals surface area contributed by atoms with Crippen molar-refractivity contribution in [3.8, 4) is 0 Å². The van der Waals surface area contributed by atoms with Crippen molar-refractivity contribution in [2.45, 2.75) is 51.9 Å². The lowest BCUT2D eigenvalue weighted by molar-refractivity contribution is 0.150. The molecule has 0 atom stereocenters. The minimum Gasteiger partial charge on any atom is -0.383 e. The van der Waals surface area contributed by atoms with Gasteiger partial charge in [0, 0.05) is 25.5 Å². The van der Waals surface area contributed by atoms with Gasteiger partial charge >= 0.3 is 0 Å². The van der Waals surface area contributed by atoms with Crippen LogP contribution in [-0.2, 0) is 4.74 Å². The van der Waals surface area contributed by atoms with Gasteiger partial charge in [-0.25, -0.2) is 0 Å². The fraction of sp³-hybridized carbons (Fsp3) is 1.00. The van der Waals surface area contributed by atoms with Gasteiger partial charge in [0.05, 0.1) is 6.61 Å². The van der Waals surface area contributed by atoms with E-state index in [0.717, 1.165) is 25.0 Å². The molecule has 0 saturated carbocycles. The summed E-state index contributed by atoms with van der Waals surface area (Å²) in [5, 5.41) is 1.06. The Morgan fingerprint density at radius 1 is 0.882 bits per heavy atom. The molecule has 0 heterocycles. The molecule has 3 heteroatoms. The lowest BCUT2D eigenvalue weighted by Crippen LogP contribution is -2.30. The van der Waals surface area contributed by atoms with Crippen LogP contribution in [0.1, 0.15) is 51.9 Å². The van der Waals surface area contributed by atoms with Gasteiger partial charge in [0.25, 0.3) is 0 Å². The number of nitrogens with zero attached hydrogens (tertiary/aromatic N) is 1.